The van der Waals surface area contributed by atoms with Crippen LogP contribution in [0, 0.1) is 19.7 Å². The quantitative estimate of drug-likeness (QED) is 0.232. The van der Waals surface area contributed by atoms with Crippen LogP contribution in [0.3, 0.4) is 0 Å². The second-order valence-electron chi connectivity index (χ2n) is 8.72. The Hall–Kier alpha value is -3.17. The molecule has 4 heterocycles. The Bertz CT molecular complexity index is 1310. The van der Waals surface area contributed by atoms with E-state index >= 15 is 0 Å². The molecule has 1 atom stereocenters. The molecule has 3 aromatic heterocycles. The van der Waals surface area contributed by atoms with E-state index < -0.39 is 0 Å². The van der Waals surface area contributed by atoms with Crippen molar-refractivity contribution in [2.75, 3.05) is 12.4 Å². The topological polar surface area (TPSA) is 75.1 Å². The molecule has 4 aromatic rings. The lowest BCUT2D eigenvalue weighted by molar-refractivity contribution is 0.0953. The molecule has 0 bridgehead atoms. The van der Waals surface area contributed by atoms with Crippen LogP contribution < -0.4 is 0 Å². The molecule has 1 fully saturated rings. The fourth-order valence-corrected chi connectivity index (χ4v) is 5.29. The van der Waals surface area contributed by atoms with Crippen LogP contribution in [0.4, 0.5) is 4.39 Å². The van der Waals surface area contributed by atoms with E-state index in [4.69, 9.17) is 9.15 Å². The fraction of sp³-hybridized carbons (Fsp3) is 0.346. The second-order valence-corrected chi connectivity index (χ2v) is 9.66. The van der Waals surface area contributed by atoms with Crippen LogP contribution in [0.1, 0.15) is 40.3 Å². The van der Waals surface area contributed by atoms with Gasteiger partial charge in [-0.15, -0.1) is 10.2 Å². The molecule has 182 valence electrons. The van der Waals surface area contributed by atoms with Crippen LogP contribution in [-0.4, -0.2) is 43.6 Å². The molecule has 35 heavy (non-hydrogen) atoms. The molecule has 1 aliphatic heterocycles. The van der Waals surface area contributed by atoms with E-state index in [0.717, 1.165) is 42.2 Å². The number of aromatic nitrogens is 4. The number of benzene rings is 1. The van der Waals surface area contributed by atoms with E-state index in [0.29, 0.717) is 29.6 Å². The minimum absolute atomic E-state index is 0.0313. The smallest absolute Gasteiger partial charge is 0.192 e. The average molecular weight is 495 g/mol. The number of furan rings is 1. The highest BCUT2D eigenvalue weighted by Gasteiger charge is 2.23. The number of rotatable bonds is 9. The maximum atomic E-state index is 13.5. The number of nitrogens with zero attached hydrogens (tertiary/aromatic N) is 4. The van der Waals surface area contributed by atoms with E-state index in [9.17, 15) is 9.18 Å². The zero-order valence-corrected chi connectivity index (χ0v) is 20.6. The first-order chi connectivity index (χ1) is 17.0. The van der Waals surface area contributed by atoms with Crippen molar-refractivity contribution in [2.45, 2.75) is 51.0 Å². The summed E-state index contributed by atoms with van der Waals surface area (Å²) in [6, 6.07) is 11.9. The van der Waals surface area contributed by atoms with Crippen molar-refractivity contribution in [2.24, 2.45) is 0 Å². The molecule has 0 unspecified atom stereocenters. The zero-order valence-electron chi connectivity index (χ0n) is 19.7. The maximum Gasteiger partial charge on any atom is 0.192 e. The molecule has 0 saturated carbocycles. The Balaban J connectivity index is 1.35. The normalized spacial score (nSPS) is 15.7. The van der Waals surface area contributed by atoms with E-state index in [1.165, 1.54) is 23.9 Å². The van der Waals surface area contributed by atoms with Crippen molar-refractivity contribution in [1.82, 2.24) is 19.3 Å². The largest absolute Gasteiger partial charge is 0.467 e. The van der Waals surface area contributed by atoms with Gasteiger partial charge in [0, 0.05) is 29.1 Å². The summed E-state index contributed by atoms with van der Waals surface area (Å²) < 4.78 is 28.9. The van der Waals surface area contributed by atoms with Gasteiger partial charge in [-0.1, -0.05) is 11.8 Å². The van der Waals surface area contributed by atoms with Gasteiger partial charge in [0.15, 0.2) is 16.8 Å². The Morgan fingerprint density at radius 1 is 1.17 bits per heavy atom. The Kier molecular flexibility index (Phi) is 6.88. The van der Waals surface area contributed by atoms with Crippen LogP contribution in [0.2, 0.25) is 0 Å². The molecule has 1 aromatic carbocycles. The number of Topliss-reactive ketones (excluding diaryl/α,β-unsaturated/α-hetero) is 1. The molecule has 7 nitrogen and oxygen atoms in total. The van der Waals surface area contributed by atoms with Crippen LogP contribution in [0.25, 0.3) is 11.4 Å². The zero-order chi connectivity index (χ0) is 24.4. The van der Waals surface area contributed by atoms with Gasteiger partial charge in [0.05, 0.1) is 31.2 Å². The fourth-order valence-electron chi connectivity index (χ4n) is 4.46. The van der Waals surface area contributed by atoms with Crippen molar-refractivity contribution in [3.05, 3.63) is 77.3 Å². The number of ether oxygens (including phenoxy) is 1. The number of thioether (sulfide) groups is 1. The number of hydrogen-bond acceptors (Lipinski definition) is 6. The first-order valence-electron chi connectivity index (χ1n) is 11.7. The third-order valence-corrected chi connectivity index (χ3v) is 7.30. The third-order valence-electron chi connectivity index (χ3n) is 6.33. The van der Waals surface area contributed by atoms with Gasteiger partial charge < -0.3 is 13.7 Å². The molecule has 0 amide bonds. The number of halogens is 1. The predicted molar refractivity (Wildman–Crippen MR) is 131 cm³/mol. The molecule has 9 heteroatoms. The lowest BCUT2D eigenvalue weighted by atomic mass is 10.2. The van der Waals surface area contributed by atoms with E-state index in [2.05, 4.69) is 14.8 Å². The summed E-state index contributed by atoms with van der Waals surface area (Å²) in [6.07, 6.45) is 3.71. The number of ketones is 1. The minimum atomic E-state index is -0.302. The molecule has 1 aliphatic rings. The molecule has 1 saturated heterocycles. The van der Waals surface area contributed by atoms with Gasteiger partial charge in [-0.3, -0.25) is 9.36 Å². The van der Waals surface area contributed by atoms with Crippen molar-refractivity contribution < 1.29 is 18.3 Å². The highest BCUT2D eigenvalue weighted by atomic mass is 32.2. The van der Waals surface area contributed by atoms with Gasteiger partial charge in [0.1, 0.15) is 11.6 Å². The lowest BCUT2D eigenvalue weighted by Crippen LogP contribution is -2.17. The van der Waals surface area contributed by atoms with Crippen molar-refractivity contribution >= 4 is 17.5 Å². The average Bonchev–Trinajstić information content (AvgIpc) is 3.65. The molecular weight excluding hydrogens is 467 g/mol. The van der Waals surface area contributed by atoms with Crippen molar-refractivity contribution in [3.63, 3.8) is 0 Å². The summed E-state index contributed by atoms with van der Waals surface area (Å²) in [4.78, 5) is 13.2. The van der Waals surface area contributed by atoms with Gasteiger partial charge >= 0.3 is 0 Å². The lowest BCUT2D eigenvalue weighted by Gasteiger charge is -2.14. The summed E-state index contributed by atoms with van der Waals surface area (Å²) in [7, 11) is 0. The van der Waals surface area contributed by atoms with Crippen LogP contribution in [-0.2, 0) is 17.8 Å². The minimum Gasteiger partial charge on any atom is -0.467 e. The molecule has 0 radical (unpaired) electrons. The van der Waals surface area contributed by atoms with Gasteiger partial charge in [0.25, 0.3) is 0 Å². The van der Waals surface area contributed by atoms with Crippen molar-refractivity contribution in [3.8, 4) is 11.4 Å². The number of carbonyl (C=O) groups excluding carboxylic acids is 1. The first-order valence-corrected chi connectivity index (χ1v) is 12.6. The highest BCUT2D eigenvalue weighted by Crippen LogP contribution is 2.28. The third kappa shape index (κ3) is 5.11. The Morgan fingerprint density at radius 2 is 2.00 bits per heavy atom. The SMILES string of the molecule is Cc1cc(C(=O)CSc2nnc(-c3ccc(F)cc3)n2C[C@@H]2CCCO2)c(C)n1Cc1ccco1. The number of hydrogen-bond donors (Lipinski definition) is 0. The molecule has 0 aliphatic carbocycles. The molecule has 5 rings (SSSR count). The summed E-state index contributed by atoms with van der Waals surface area (Å²) in [5, 5.41) is 9.40. The molecule has 0 spiro atoms. The Morgan fingerprint density at radius 3 is 2.71 bits per heavy atom. The Labute approximate surface area is 207 Å². The number of aryl methyl sites for hydroxylation is 1. The number of carbonyl (C=O) groups is 1. The first kappa shape index (κ1) is 23.6. The van der Waals surface area contributed by atoms with Crippen molar-refractivity contribution in [1.29, 1.82) is 0 Å². The predicted octanol–water partition coefficient (Wildman–Crippen LogP) is 5.30. The van der Waals surface area contributed by atoms with Crippen LogP contribution in [0.15, 0.2) is 58.3 Å². The summed E-state index contributed by atoms with van der Waals surface area (Å²) >= 11 is 1.36. The summed E-state index contributed by atoms with van der Waals surface area (Å²) in [5.74, 6) is 1.45. The van der Waals surface area contributed by atoms with Gasteiger partial charge in [-0.2, -0.15) is 0 Å². The molecular formula is C26H27FN4O3S. The van der Waals surface area contributed by atoms with Gasteiger partial charge in [-0.25, -0.2) is 4.39 Å². The maximum absolute atomic E-state index is 13.5. The van der Waals surface area contributed by atoms with E-state index in [-0.39, 0.29) is 23.5 Å². The van der Waals surface area contributed by atoms with E-state index in [1.807, 2.05) is 36.6 Å². The van der Waals surface area contributed by atoms with Gasteiger partial charge in [-0.05, 0) is 69.2 Å². The van der Waals surface area contributed by atoms with E-state index in [1.54, 1.807) is 18.4 Å². The van der Waals surface area contributed by atoms with Gasteiger partial charge in [0.2, 0.25) is 0 Å². The standard InChI is InChI=1S/C26H27FN4O3S/c1-17-13-23(18(2)30(17)14-21-5-3-11-33-21)24(32)16-35-26-29-28-25(19-7-9-20(27)10-8-19)31(26)15-22-6-4-12-34-22/h3,5,7-11,13,22H,4,6,12,14-16H2,1-2H3/t22-/m0/s1. The monoisotopic (exact) mass is 494 g/mol. The van der Waals surface area contributed by atoms with Crippen LogP contribution in [0.5, 0.6) is 0 Å². The van der Waals surface area contributed by atoms with Crippen LogP contribution >= 0.6 is 11.8 Å². The molecule has 0 N–H and O–H groups in total. The highest BCUT2D eigenvalue weighted by molar-refractivity contribution is 7.99. The second kappa shape index (κ2) is 10.2. The summed E-state index contributed by atoms with van der Waals surface area (Å²) in [5.41, 5.74) is 3.40. The summed E-state index contributed by atoms with van der Waals surface area (Å²) in [6.45, 7) is 5.87.